The number of methoxy groups -OCH3 is 1. The molecule has 3 rings (SSSR count). The second-order valence-electron chi connectivity index (χ2n) is 6.69. The van der Waals surface area contributed by atoms with E-state index >= 15 is 0 Å². The third-order valence-electron chi connectivity index (χ3n) is 4.04. The summed E-state index contributed by atoms with van der Waals surface area (Å²) in [4.78, 5) is 4.76. The number of fused-ring (bicyclic) bond motifs is 1. The van der Waals surface area contributed by atoms with Crippen LogP contribution in [0, 0.1) is 6.92 Å². The van der Waals surface area contributed by atoms with E-state index in [9.17, 15) is 0 Å². The highest BCUT2D eigenvalue weighted by molar-refractivity contribution is 5.70. The van der Waals surface area contributed by atoms with Crippen LogP contribution in [0.15, 0.2) is 42.6 Å². The van der Waals surface area contributed by atoms with Crippen LogP contribution in [0.25, 0.3) is 16.9 Å². The molecule has 0 atom stereocenters. The molecule has 0 radical (unpaired) electrons. The zero-order chi connectivity index (χ0) is 15.9. The number of hydrogen-bond acceptors (Lipinski definition) is 2. The van der Waals surface area contributed by atoms with Gasteiger partial charge in [-0.05, 0) is 42.2 Å². The minimum atomic E-state index is 0.0933. The summed E-state index contributed by atoms with van der Waals surface area (Å²) in [6.07, 6.45) is 2.08. The molecule has 3 heteroatoms. The Balaban J connectivity index is 2.22. The molecule has 0 amide bonds. The van der Waals surface area contributed by atoms with Crippen LogP contribution in [0.1, 0.15) is 32.0 Å². The third-order valence-corrected chi connectivity index (χ3v) is 4.04. The number of benzene rings is 1. The normalized spacial score (nSPS) is 11.9. The molecule has 0 N–H and O–H groups in total. The molecule has 22 heavy (non-hydrogen) atoms. The molecule has 3 aromatic rings. The van der Waals surface area contributed by atoms with E-state index in [0.29, 0.717) is 0 Å². The van der Waals surface area contributed by atoms with E-state index in [2.05, 4.69) is 56.5 Å². The number of aryl methyl sites for hydroxylation is 1. The Morgan fingerprint density at radius 1 is 1.09 bits per heavy atom. The molecule has 0 saturated heterocycles. The first-order valence-electron chi connectivity index (χ1n) is 7.54. The number of nitrogens with zero attached hydrogens (tertiary/aromatic N) is 2. The van der Waals surface area contributed by atoms with E-state index in [4.69, 9.17) is 9.72 Å². The van der Waals surface area contributed by atoms with E-state index in [-0.39, 0.29) is 5.41 Å². The van der Waals surface area contributed by atoms with Crippen LogP contribution in [-0.4, -0.2) is 16.5 Å². The molecule has 0 aliphatic heterocycles. The van der Waals surface area contributed by atoms with Crippen molar-refractivity contribution in [2.75, 3.05) is 7.11 Å². The summed E-state index contributed by atoms with van der Waals surface area (Å²) in [5.41, 5.74) is 5.48. The highest BCUT2D eigenvalue weighted by atomic mass is 16.5. The fraction of sp³-hybridized carbons (Fsp3) is 0.316. The Morgan fingerprint density at radius 2 is 1.86 bits per heavy atom. The van der Waals surface area contributed by atoms with Gasteiger partial charge in [-0.1, -0.05) is 32.9 Å². The van der Waals surface area contributed by atoms with E-state index in [1.165, 1.54) is 11.3 Å². The summed E-state index contributed by atoms with van der Waals surface area (Å²) in [7, 11) is 1.71. The Labute approximate surface area is 131 Å². The van der Waals surface area contributed by atoms with Gasteiger partial charge in [0.25, 0.3) is 0 Å². The summed E-state index contributed by atoms with van der Waals surface area (Å²) in [5, 5.41) is 0. The first-order chi connectivity index (χ1) is 10.4. The van der Waals surface area contributed by atoms with Crippen molar-refractivity contribution in [2.45, 2.75) is 33.1 Å². The molecule has 0 unspecified atom stereocenters. The lowest BCUT2D eigenvalue weighted by Crippen LogP contribution is -2.11. The topological polar surface area (TPSA) is 26.5 Å². The van der Waals surface area contributed by atoms with Gasteiger partial charge in [0, 0.05) is 17.5 Å². The number of imidazole rings is 1. The molecule has 0 spiro atoms. The maximum absolute atomic E-state index is 5.54. The monoisotopic (exact) mass is 294 g/mol. The van der Waals surface area contributed by atoms with Crippen LogP contribution in [0.3, 0.4) is 0 Å². The van der Waals surface area contributed by atoms with E-state index in [0.717, 1.165) is 22.7 Å². The van der Waals surface area contributed by atoms with Gasteiger partial charge in [-0.2, -0.15) is 0 Å². The van der Waals surface area contributed by atoms with Gasteiger partial charge in [-0.15, -0.1) is 0 Å². The quantitative estimate of drug-likeness (QED) is 0.689. The summed E-state index contributed by atoms with van der Waals surface area (Å²) < 4.78 is 7.65. The van der Waals surface area contributed by atoms with E-state index in [1.807, 2.05) is 18.2 Å². The predicted molar refractivity (Wildman–Crippen MR) is 90.6 cm³/mol. The Kier molecular flexibility index (Phi) is 3.44. The largest absolute Gasteiger partial charge is 0.496 e. The standard InChI is InChI=1S/C19H22N2O/c1-13-7-6-8-18-20-16(12-21(13)18)15-11-14(19(2,3)4)9-10-17(15)22-5/h6-12H,1-5H3. The van der Waals surface area contributed by atoms with Crippen molar-refractivity contribution in [3.63, 3.8) is 0 Å². The van der Waals surface area contributed by atoms with E-state index < -0.39 is 0 Å². The van der Waals surface area contributed by atoms with Crippen molar-refractivity contribution in [1.29, 1.82) is 0 Å². The van der Waals surface area contributed by atoms with Gasteiger partial charge < -0.3 is 9.14 Å². The van der Waals surface area contributed by atoms with Crippen molar-refractivity contribution in [2.24, 2.45) is 0 Å². The fourth-order valence-electron chi connectivity index (χ4n) is 2.65. The van der Waals surface area contributed by atoms with E-state index in [1.54, 1.807) is 7.11 Å². The van der Waals surface area contributed by atoms with Crippen LogP contribution in [-0.2, 0) is 5.41 Å². The predicted octanol–water partition coefficient (Wildman–Crippen LogP) is 4.62. The summed E-state index contributed by atoms with van der Waals surface area (Å²) in [5.74, 6) is 0.856. The first-order valence-corrected chi connectivity index (χ1v) is 7.54. The SMILES string of the molecule is COc1ccc(C(C)(C)C)cc1-c1cn2c(C)cccc2n1. The van der Waals surface area contributed by atoms with Gasteiger partial charge in [-0.25, -0.2) is 4.98 Å². The van der Waals surface area contributed by atoms with Crippen LogP contribution < -0.4 is 4.74 Å². The second-order valence-corrected chi connectivity index (χ2v) is 6.69. The van der Waals surface area contributed by atoms with Crippen LogP contribution in [0.5, 0.6) is 5.75 Å². The van der Waals surface area contributed by atoms with Crippen molar-refractivity contribution < 1.29 is 4.74 Å². The average molecular weight is 294 g/mol. The Bertz CT molecular complexity index is 825. The van der Waals surface area contributed by atoms with Crippen molar-refractivity contribution in [1.82, 2.24) is 9.38 Å². The maximum atomic E-state index is 5.54. The molecule has 0 aliphatic carbocycles. The van der Waals surface area contributed by atoms with Gasteiger partial charge >= 0.3 is 0 Å². The lowest BCUT2D eigenvalue weighted by Gasteiger charge is -2.20. The van der Waals surface area contributed by atoms with Gasteiger partial charge in [0.2, 0.25) is 0 Å². The lowest BCUT2D eigenvalue weighted by molar-refractivity contribution is 0.415. The molecule has 0 bridgehead atoms. The average Bonchev–Trinajstić information content (AvgIpc) is 2.91. The second kappa shape index (κ2) is 5.16. The summed E-state index contributed by atoms with van der Waals surface area (Å²) in [6.45, 7) is 8.73. The first kappa shape index (κ1) is 14.6. The zero-order valence-corrected chi connectivity index (χ0v) is 13.8. The molecule has 114 valence electrons. The number of ether oxygens (including phenoxy) is 1. The Morgan fingerprint density at radius 3 is 2.50 bits per heavy atom. The molecular weight excluding hydrogens is 272 g/mol. The van der Waals surface area contributed by atoms with Crippen LogP contribution >= 0.6 is 0 Å². The molecule has 3 nitrogen and oxygen atoms in total. The van der Waals surface area contributed by atoms with Crippen LogP contribution in [0.4, 0.5) is 0 Å². The molecule has 0 fully saturated rings. The molecule has 2 heterocycles. The maximum Gasteiger partial charge on any atom is 0.137 e. The summed E-state index contributed by atoms with van der Waals surface area (Å²) in [6, 6.07) is 12.5. The Hall–Kier alpha value is -2.29. The molecule has 0 aliphatic rings. The highest BCUT2D eigenvalue weighted by Crippen LogP contribution is 2.34. The minimum absolute atomic E-state index is 0.0933. The highest BCUT2D eigenvalue weighted by Gasteiger charge is 2.18. The smallest absolute Gasteiger partial charge is 0.137 e. The lowest BCUT2D eigenvalue weighted by atomic mass is 9.86. The number of pyridine rings is 1. The number of hydrogen-bond donors (Lipinski definition) is 0. The van der Waals surface area contributed by atoms with Gasteiger partial charge in [-0.3, -0.25) is 0 Å². The van der Waals surface area contributed by atoms with Crippen molar-refractivity contribution in [3.8, 4) is 17.0 Å². The van der Waals surface area contributed by atoms with Gasteiger partial charge in [0.1, 0.15) is 11.4 Å². The minimum Gasteiger partial charge on any atom is -0.496 e. The number of aromatic nitrogens is 2. The van der Waals surface area contributed by atoms with Gasteiger partial charge in [0.05, 0.1) is 12.8 Å². The molecule has 1 aromatic carbocycles. The van der Waals surface area contributed by atoms with Crippen molar-refractivity contribution in [3.05, 3.63) is 53.9 Å². The number of rotatable bonds is 2. The molecular formula is C19H22N2O. The zero-order valence-electron chi connectivity index (χ0n) is 13.8. The van der Waals surface area contributed by atoms with Crippen LogP contribution in [0.2, 0.25) is 0 Å². The van der Waals surface area contributed by atoms with Gasteiger partial charge in [0.15, 0.2) is 0 Å². The molecule has 0 saturated carbocycles. The molecule has 2 aromatic heterocycles. The fourth-order valence-corrected chi connectivity index (χ4v) is 2.65. The third kappa shape index (κ3) is 2.47. The van der Waals surface area contributed by atoms with Crippen molar-refractivity contribution >= 4 is 5.65 Å². The summed E-state index contributed by atoms with van der Waals surface area (Å²) >= 11 is 0.